The topological polar surface area (TPSA) is 46.3 Å². The molecule has 5 heteroatoms. The Hall–Kier alpha value is -2.43. The fraction of sp³-hybridized carbons (Fsp3) is 0.188. The van der Waals surface area contributed by atoms with E-state index in [0.717, 1.165) is 17.7 Å². The second-order valence-electron chi connectivity index (χ2n) is 4.66. The predicted octanol–water partition coefficient (Wildman–Crippen LogP) is 3.52. The molecule has 2 aromatic carbocycles. The van der Waals surface area contributed by atoms with E-state index in [0.29, 0.717) is 5.69 Å². The Morgan fingerprint density at radius 2 is 1.86 bits per heavy atom. The minimum Gasteiger partial charge on any atom is -0.396 e. The third-order valence-electron chi connectivity index (χ3n) is 3.30. The first-order valence-electron chi connectivity index (χ1n) is 6.58. The number of hydrogen-bond acceptors (Lipinski definition) is 2. The normalized spacial score (nSPS) is 10.5. The molecule has 0 saturated heterocycles. The van der Waals surface area contributed by atoms with Gasteiger partial charge in [-0.15, -0.1) is 0 Å². The van der Waals surface area contributed by atoms with E-state index in [9.17, 15) is 13.6 Å². The van der Waals surface area contributed by atoms with Gasteiger partial charge >= 0.3 is 0 Å². The van der Waals surface area contributed by atoms with Gasteiger partial charge in [-0.2, -0.15) is 0 Å². The summed E-state index contributed by atoms with van der Waals surface area (Å²) in [5, 5.41) is 0. The molecule has 0 heterocycles. The van der Waals surface area contributed by atoms with Gasteiger partial charge in [0.05, 0.1) is 5.69 Å². The van der Waals surface area contributed by atoms with Crippen LogP contribution in [-0.2, 0) is 0 Å². The number of para-hydroxylation sites is 1. The van der Waals surface area contributed by atoms with Crippen molar-refractivity contribution < 1.29 is 13.6 Å². The van der Waals surface area contributed by atoms with Crippen LogP contribution in [0, 0.1) is 18.6 Å². The Morgan fingerprint density at radius 3 is 2.48 bits per heavy atom. The standard InChI is InChI=1S/C16H16F2N2O/c1-3-20(13-7-5-4-6-10(13)2)16(21)14-11(17)8-9-12(19)15(14)18/h4-9H,3,19H2,1-2H3. The quantitative estimate of drug-likeness (QED) is 0.879. The maximum Gasteiger partial charge on any atom is 0.264 e. The zero-order valence-electron chi connectivity index (χ0n) is 11.9. The molecule has 0 atom stereocenters. The van der Waals surface area contributed by atoms with E-state index in [1.165, 1.54) is 4.90 Å². The highest BCUT2D eigenvalue weighted by atomic mass is 19.1. The zero-order chi connectivity index (χ0) is 15.6. The minimum absolute atomic E-state index is 0.249. The van der Waals surface area contributed by atoms with Crippen molar-refractivity contribution in [2.45, 2.75) is 13.8 Å². The number of carbonyl (C=O) groups excluding carboxylic acids is 1. The lowest BCUT2D eigenvalue weighted by Gasteiger charge is -2.23. The molecule has 3 nitrogen and oxygen atoms in total. The third kappa shape index (κ3) is 2.72. The zero-order valence-corrected chi connectivity index (χ0v) is 11.9. The fourth-order valence-corrected chi connectivity index (χ4v) is 2.19. The molecular formula is C16H16F2N2O. The first-order valence-corrected chi connectivity index (χ1v) is 6.58. The van der Waals surface area contributed by atoms with E-state index in [1.54, 1.807) is 19.1 Å². The molecule has 2 N–H and O–H groups in total. The molecule has 0 radical (unpaired) electrons. The monoisotopic (exact) mass is 290 g/mol. The smallest absolute Gasteiger partial charge is 0.264 e. The summed E-state index contributed by atoms with van der Waals surface area (Å²) in [4.78, 5) is 13.8. The molecule has 0 unspecified atom stereocenters. The van der Waals surface area contributed by atoms with E-state index in [-0.39, 0.29) is 12.2 Å². The van der Waals surface area contributed by atoms with Crippen molar-refractivity contribution >= 4 is 17.3 Å². The second-order valence-corrected chi connectivity index (χ2v) is 4.66. The van der Waals surface area contributed by atoms with Gasteiger partial charge in [0, 0.05) is 12.2 Å². The number of halogens is 2. The van der Waals surface area contributed by atoms with Gasteiger partial charge in [0.15, 0.2) is 5.82 Å². The molecule has 0 aliphatic heterocycles. The van der Waals surface area contributed by atoms with E-state index < -0.39 is 23.1 Å². The van der Waals surface area contributed by atoms with E-state index >= 15 is 0 Å². The molecule has 0 aliphatic rings. The summed E-state index contributed by atoms with van der Waals surface area (Å²) < 4.78 is 27.9. The largest absolute Gasteiger partial charge is 0.396 e. The van der Waals surface area contributed by atoms with Gasteiger partial charge in [0.25, 0.3) is 5.91 Å². The number of hydrogen-bond donors (Lipinski definition) is 1. The maximum absolute atomic E-state index is 14.0. The molecule has 110 valence electrons. The van der Waals surface area contributed by atoms with E-state index in [1.807, 2.05) is 19.1 Å². The Kier molecular flexibility index (Phi) is 4.21. The van der Waals surface area contributed by atoms with Crippen molar-refractivity contribution in [3.05, 3.63) is 59.2 Å². The van der Waals surface area contributed by atoms with Gasteiger partial charge in [0.1, 0.15) is 11.4 Å². The Bertz CT molecular complexity index is 686. The van der Waals surface area contributed by atoms with Crippen LogP contribution in [0.4, 0.5) is 20.2 Å². The number of amides is 1. The predicted molar refractivity (Wildman–Crippen MR) is 79.3 cm³/mol. The van der Waals surface area contributed by atoms with Gasteiger partial charge in [-0.05, 0) is 37.6 Å². The first kappa shape index (κ1) is 15.0. The van der Waals surface area contributed by atoms with Crippen molar-refractivity contribution in [1.82, 2.24) is 0 Å². The Labute approximate surface area is 122 Å². The van der Waals surface area contributed by atoms with Crippen LogP contribution < -0.4 is 10.6 Å². The van der Waals surface area contributed by atoms with Crippen LogP contribution in [0.15, 0.2) is 36.4 Å². The Morgan fingerprint density at radius 1 is 1.19 bits per heavy atom. The number of aryl methyl sites for hydroxylation is 1. The van der Waals surface area contributed by atoms with Gasteiger partial charge in [-0.3, -0.25) is 4.79 Å². The number of nitrogens with two attached hydrogens (primary N) is 1. The minimum atomic E-state index is -1.02. The summed E-state index contributed by atoms with van der Waals surface area (Å²) in [5.41, 5.74) is 6.01. The molecular weight excluding hydrogens is 274 g/mol. The summed E-state index contributed by atoms with van der Waals surface area (Å²) in [7, 11) is 0. The van der Waals surface area contributed by atoms with Crippen molar-refractivity contribution in [2.24, 2.45) is 0 Å². The highest BCUT2D eigenvalue weighted by molar-refractivity contribution is 6.07. The van der Waals surface area contributed by atoms with E-state index in [4.69, 9.17) is 5.73 Å². The average Bonchev–Trinajstić information content (AvgIpc) is 2.46. The number of rotatable bonds is 3. The molecule has 21 heavy (non-hydrogen) atoms. The van der Waals surface area contributed by atoms with Crippen LogP contribution in [0.5, 0.6) is 0 Å². The molecule has 2 aromatic rings. The summed E-state index contributed by atoms with van der Waals surface area (Å²) >= 11 is 0. The van der Waals surface area contributed by atoms with Crippen LogP contribution in [-0.4, -0.2) is 12.5 Å². The van der Waals surface area contributed by atoms with Crippen molar-refractivity contribution in [3.8, 4) is 0 Å². The SMILES string of the molecule is CCN(C(=O)c1c(F)ccc(N)c1F)c1ccccc1C. The highest BCUT2D eigenvalue weighted by Gasteiger charge is 2.25. The molecule has 2 rings (SSSR count). The molecule has 0 bridgehead atoms. The molecule has 1 amide bonds. The molecule has 0 saturated carbocycles. The van der Waals surface area contributed by atoms with Crippen molar-refractivity contribution in [2.75, 3.05) is 17.2 Å². The summed E-state index contributed by atoms with van der Waals surface area (Å²) in [6, 6.07) is 9.27. The number of nitrogen functional groups attached to an aromatic ring is 1. The first-order chi connectivity index (χ1) is 9.97. The number of benzene rings is 2. The number of anilines is 2. The molecule has 0 fully saturated rings. The Balaban J connectivity index is 2.52. The van der Waals surface area contributed by atoms with Crippen LogP contribution >= 0.6 is 0 Å². The van der Waals surface area contributed by atoms with Crippen LogP contribution in [0.2, 0.25) is 0 Å². The van der Waals surface area contributed by atoms with Gasteiger partial charge in [-0.25, -0.2) is 8.78 Å². The fourth-order valence-electron chi connectivity index (χ4n) is 2.19. The average molecular weight is 290 g/mol. The van der Waals surface area contributed by atoms with Gasteiger partial charge < -0.3 is 10.6 Å². The van der Waals surface area contributed by atoms with Crippen molar-refractivity contribution in [3.63, 3.8) is 0 Å². The summed E-state index contributed by atoms with van der Waals surface area (Å²) in [6.45, 7) is 3.86. The summed E-state index contributed by atoms with van der Waals surface area (Å²) in [6.07, 6.45) is 0. The van der Waals surface area contributed by atoms with E-state index in [2.05, 4.69) is 0 Å². The maximum atomic E-state index is 14.0. The van der Waals surface area contributed by atoms with Crippen LogP contribution in [0.25, 0.3) is 0 Å². The summed E-state index contributed by atoms with van der Waals surface area (Å²) in [5.74, 6) is -2.68. The lowest BCUT2D eigenvalue weighted by Crippen LogP contribution is -2.32. The van der Waals surface area contributed by atoms with Crippen LogP contribution in [0.3, 0.4) is 0 Å². The second kappa shape index (κ2) is 5.91. The number of nitrogens with zero attached hydrogens (tertiary/aromatic N) is 1. The van der Waals surface area contributed by atoms with Gasteiger partial charge in [0.2, 0.25) is 0 Å². The highest BCUT2D eigenvalue weighted by Crippen LogP contribution is 2.25. The lowest BCUT2D eigenvalue weighted by atomic mass is 10.1. The molecule has 0 aliphatic carbocycles. The van der Waals surface area contributed by atoms with Crippen LogP contribution in [0.1, 0.15) is 22.8 Å². The van der Waals surface area contributed by atoms with Crippen molar-refractivity contribution in [1.29, 1.82) is 0 Å². The third-order valence-corrected chi connectivity index (χ3v) is 3.30. The van der Waals surface area contributed by atoms with Gasteiger partial charge in [-0.1, -0.05) is 18.2 Å². The molecule has 0 aromatic heterocycles. The lowest BCUT2D eigenvalue weighted by molar-refractivity contribution is 0.0980. The number of carbonyl (C=O) groups is 1. The molecule has 0 spiro atoms.